The molecule has 3 nitrogen and oxygen atoms in total. The Hall–Kier alpha value is -1.60. The Bertz CT molecular complexity index is 412. The molecule has 0 fully saturated rings. The Balaban J connectivity index is 2.93. The van der Waals surface area contributed by atoms with Crippen molar-refractivity contribution in [1.82, 2.24) is 0 Å². The fourth-order valence-corrected chi connectivity index (χ4v) is 1.61. The van der Waals surface area contributed by atoms with E-state index in [9.17, 15) is 9.90 Å². The lowest BCUT2D eigenvalue weighted by atomic mass is 9.87. The van der Waals surface area contributed by atoms with Gasteiger partial charge < -0.3 is 5.11 Å². The highest BCUT2D eigenvalue weighted by atomic mass is 16.3. The quantitative estimate of drug-likeness (QED) is 0.627. The molecule has 3 heteroatoms. The number of phenolic OH excluding ortho intramolecular Hbond substituents is 1. The average Bonchev–Trinajstić information content (AvgIpc) is 2.17. The summed E-state index contributed by atoms with van der Waals surface area (Å²) in [7, 11) is 0. The molecular weight excluding hydrogens is 202 g/mol. The minimum atomic E-state index is 0.177. The number of nitrogens with zero attached hydrogens (tertiary/aromatic N) is 1. The van der Waals surface area contributed by atoms with Crippen LogP contribution in [0.25, 0.3) is 0 Å². The lowest BCUT2D eigenvalue weighted by Gasteiger charge is -2.18. The Morgan fingerprint density at radius 3 is 2.62 bits per heavy atom. The molecule has 0 heterocycles. The average molecular weight is 219 g/mol. The van der Waals surface area contributed by atoms with E-state index < -0.39 is 0 Å². The Labute approximate surface area is 95.8 Å². The van der Waals surface area contributed by atoms with Gasteiger partial charge in [0.05, 0.1) is 6.54 Å². The van der Waals surface area contributed by atoms with E-state index in [0.717, 1.165) is 12.0 Å². The van der Waals surface area contributed by atoms with E-state index >= 15 is 0 Å². The van der Waals surface area contributed by atoms with Crippen molar-refractivity contribution >= 4 is 6.08 Å². The molecular formula is C13H17NO2. The first kappa shape index (κ1) is 12.5. The molecule has 0 saturated heterocycles. The second-order valence-corrected chi connectivity index (χ2v) is 5.11. The summed E-state index contributed by atoms with van der Waals surface area (Å²) < 4.78 is 0. The van der Waals surface area contributed by atoms with Crippen LogP contribution in [0.1, 0.15) is 31.9 Å². The summed E-state index contributed by atoms with van der Waals surface area (Å²) in [5.41, 5.74) is 2.01. The van der Waals surface area contributed by atoms with Crippen LogP contribution < -0.4 is 0 Å². The summed E-state index contributed by atoms with van der Waals surface area (Å²) in [4.78, 5) is 13.5. The third kappa shape index (κ3) is 3.87. The number of carbonyl (C=O) groups excluding carboxylic acids is 1. The minimum Gasteiger partial charge on any atom is -0.508 e. The van der Waals surface area contributed by atoms with E-state index in [4.69, 9.17) is 0 Å². The normalized spacial score (nSPS) is 10.9. The second-order valence-electron chi connectivity index (χ2n) is 5.11. The van der Waals surface area contributed by atoms with Gasteiger partial charge >= 0.3 is 0 Å². The molecule has 1 aromatic rings. The molecule has 0 aliphatic carbocycles. The smallest absolute Gasteiger partial charge is 0.235 e. The van der Waals surface area contributed by atoms with Gasteiger partial charge in [0.25, 0.3) is 0 Å². The Morgan fingerprint density at radius 2 is 2.06 bits per heavy atom. The van der Waals surface area contributed by atoms with Crippen molar-refractivity contribution in [3.63, 3.8) is 0 Å². The van der Waals surface area contributed by atoms with Crippen molar-refractivity contribution in [2.45, 2.75) is 33.7 Å². The molecule has 0 spiro atoms. The number of isocyanates is 1. The predicted octanol–water partition coefficient (Wildman–Crippen LogP) is 2.82. The lowest BCUT2D eigenvalue weighted by molar-refractivity contribution is 0.410. The molecule has 0 unspecified atom stereocenters. The number of aromatic hydroxyl groups is 1. The molecule has 16 heavy (non-hydrogen) atoms. The van der Waals surface area contributed by atoms with Gasteiger partial charge in [-0.25, -0.2) is 9.79 Å². The van der Waals surface area contributed by atoms with E-state index in [2.05, 4.69) is 25.8 Å². The largest absolute Gasteiger partial charge is 0.508 e. The predicted molar refractivity (Wildman–Crippen MR) is 63.1 cm³/mol. The fraction of sp³-hybridized carbons (Fsp3) is 0.462. The zero-order valence-electron chi connectivity index (χ0n) is 9.95. The molecule has 1 aromatic carbocycles. The molecule has 1 rings (SSSR count). The molecule has 0 atom stereocenters. The van der Waals surface area contributed by atoms with Crippen molar-refractivity contribution in [2.24, 2.45) is 10.4 Å². The molecule has 0 bridgehead atoms. The maximum Gasteiger partial charge on any atom is 0.235 e. The van der Waals surface area contributed by atoms with Gasteiger partial charge in [0.2, 0.25) is 6.08 Å². The number of rotatable bonds is 3. The maximum atomic E-state index is 10.0. The summed E-state index contributed by atoms with van der Waals surface area (Å²) >= 11 is 0. The third-order valence-electron chi connectivity index (χ3n) is 2.19. The highest BCUT2D eigenvalue weighted by Gasteiger charge is 2.12. The van der Waals surface area contributed by atoms with E-state index in [1.165, 1.54) is 6.08 Å². The van der Waals surface area contributed by atoms with Crippen molar-refractivity contribution in [3.8, 4) is 5.75 Å². The van der Waals surface area contributed by atoms with E-state index in [0.29, 0.717) is 5.56 Å². The first-order valence-electron chi connectivity index (χ1n) is 5.27. The highest BCUT2D eigenvalue weighted by Crippen LogP contribution is 2.25. The first-order valence-corrected chi connectivity index (χ1v) is 5.27. The van der Waals surface area contributed by atoms with E-state index in [-0.39, 0.29) is 17.7 Å². The monoisotopic (exact) mass is 219 g/mol. The Kier molecular flexibility index (Phi) is 3.86. The van der Waals surface area contributed by atoms with Gasteiger partial charge in [0.1, 0.15) is 5.75 Å². The third-order valence-corrected chi connectivity index (χ3v) is 2.19. The van der Waals surface area contributed by atoms with Crippen LogP contribution in [0.5, 0.6) is 5.75 Å². The van der Waals surface area contributed by atoms with Crippen molar-refractivity contribution in [2.75, 3.05) is 0 Å². The standard InChI is InChI=1S/C13H17NO2/c1-13(2,3)7-10-4-5-12(16)11(6-10)8-14-9-15/h4-6,16H,7-8H2,1-3H3. The summed E-state index contributed by atoms with van der Waals surface area (Å²) in [6.45, 7) is 6.66. The van der Waals surface area contributed by atoms with Crippen molar-refractivity contribution < 1.29 is 9.90 Å². The number of hydrogen-bond donors (Lipinski definition) is 1. The van der Waals surface area contributed by atoms with Crippen LogP contribution in [0.4, 0.5) is 0 Å². The van der Waals surface area contributed by atoms with Crippen LogP contribution >= 0.6 is 0 Å². The lowest BCUT2D eigenvalue weighted by Crippen LogP contribution is -2.09. The van der Waals surface area contributed by atoms with Gasteiger partial charge in [-0.2, -0.15) is 0 Å². The fourth-order valence-electron chi connectivity index (χ4n) is 1.61. The van der Waals surface area contributed by atoms with Crippen LogP contribution in [-0.4, -0.2) is 11.2 Å². The molecule has 1 N–H and O–H groups in total. The van der Waals surface area contributed by atoms with E-state index in [1.807, 2.05) is 12.1 Å². The number of aliphatic imine (C=N–C) groups is 1. The van der Waals surface area contributed by atoms with Gasteiger partial charge in [-0.05, 0) is 23.5 Å². The van der Waals surface area contributed by atoms with Gasteiger partial charge in [-0.3, -0.25) is 0 Å². The minimum absolute atomic E-state index is 0.177. The summed E-state index contributed by atoms with van der Waals surface area (Å²) in [5, 5.41) is 9.57. The zero-order valence-corrected chi connectivity index (χ0v) is 9.95. The first-order chi connectivity index (χ1) is 7.42. The molecule has 0 aliphatic rings. The summed E-state index contributed by atoms with van der Waals surface area (Å²) in [6.07, 6.45) is 2.40. The molecule has 0 aliphatic heterocycles. The van der Waals surface area contributed by atoms with Gasteiger partial charge in [0.15, 0.2) is 0 Å². The molecule has 0 aromatic heterocycles. The number of benzene rings is 1. The zero-order chi connectivity index (χ0) is 12.2. The molecule has 0 radical (unpaired) electrons. The summed E-state index contributed by atoms with van der Waals surface area (Å²) in [5.74, 6) is 0.177. The van der Waals surface area contributed by atoms with Gasteiger partial charge in [-0.15, -0.1) is 0 Å². The van der Waals surface area contributed by atoms with Crippen LogP contribution in [-0.2, 0) is 17.8 Å². The second kappa shape index (κ2) is 4.95. The topological polar surface area (TPSA) is 49.7 Å². The van der Waals surface area contributed by atoms with E-state index in [1.54, 1.807) is 6.07 Å². The Morgan fingerprint density at radius 1 is 1.38 bits per heavy atom. The van der Waals surface area contributed by atoms with Gasteiger partial charge in [-0.1, -0.05) is 32.9 Å². The molecule has 86 valence electrons. The van der Waals surface area contributed by atoms with Crippen LogP contribution in [0, 0.1) is 5.41 Å². The van der Waals surface area contributed by atoms with Crippen molar-refractivity contribution in [1.29, 1.82) is 0 Å². The van der Waals surface area contributed by atoms with Crippen LogP contribution in [0.15, 0.2) is 23.2 Å². The highest BCUT2D eigenvalue weighted by molar-refractivity contribution is 5.39. The van der Waals surface area contributed by atoms with Gasteiger partial charge in [0, 0.05) is 5.56 Å². The van der Waals surface area contributed by atoms with Crippen LogP contribution in [0.2, 0.25) is 0 Å². The molecule has 0 amide bonds. The SMILES string of the molecule is CC(C)(C)Cc1ccc(O)c(CN=C=O)c1. The molecule has 0 saturated carbocycles. The number of hydrogen-bond acceptors (Lipinski definition) is 3. The summed E-state index contributed by atoms with van der Waals surface area (Å²) in [6, 6.07) is 5.44. The van der Waals surface area contributed by atoms with Crippen molar-refractivity contribution in [3.05, 3.63) is 29.3 Å². The maximum absolute atomic E-state index is 10.0. The number of phenols is 1. The van der Waals surface area contributed by atoms with Crippen LogP contribution in [0.3, 0.4) is 0 Å².